The summed E-state index contributed by atoms with van der Waals surface area (Å²) in [6.45, 7) is 0.581. The van der Waals surface area contributed by atoms with Crippen LogP contribution in [0.2, 0.25) is 0 Å². The molecule has 0 spiro atoms. The van der Waals surface area contributed by atoms with E-state index in [0.29, 0.717) is 13.0 Å². The first-order valence-corrected chi connectivity index (χ1v) is 9.41. The fourth-order valence-corrected chi connectivity index (χ4v) is 3.24. The molecule has 1 heterocycles. The number of methoxy groups -OCH3 is 2. The van der Waals surface area contributed by atoms with E-state index in [9.17, 15) is 4.79 Å². The zero-order chi connectivity index (χ0) is 19.9. The highest BCUT2D eigenvalue weighted by Crippen LogP contribution is 2.31. The number of carbonyl (C=O) groups excluding carboxylic acids is 1. The maximum atomic E-state index is 12.2. The molecule has 1 amide bonds. The van der Waals surface area contributed by atoms with Gasteiger partial charge in [-0.05, 0) is 30.9 Å². The smallest absolute Gasteiger partial charge is 0.237 e. The summed E-state index contributed by atoms with van der Waals surface area (Å²) in [7, 11) is 3.28. The molecule has 4 N–H and O–H groups in total. The van der Waals surface area contributed by atoms with Gasteiger partial charge in [0, 0.05) is 29.8 Å². The van der Waals surface area contributed by atoms with E-state index in [0.717, 1.165) is 46.5 Å². The van der Waals surface area contributed by atoms with Gasteiger partial charge in [-0.15, -0.1) is 0 Å². The number of carbonyl (C=O) groups is 1. The predicted octanol–water partition coefficient (Wildman–Crippen LogP) is 2.80. The third-order valence-corrected chi connectivity index (χ3v) is 4.74. The number of ether oxygens (including phenoxy) is 2. The highest BCUT2D eigenvalue weighted by molar-refractivity contribution is 5.88. The second-order valence-corrected chi connectivity index (χ2v) is 6.78. The highest BCUT2D eigenvalue weighted by atomic mass is 16.5. The predicted molar refractivity (Wildman–Crippen MR) is 111 cm³/mol. The van der Waals surface area contributed by atoms with Crippen molar-refractivity contribution in [3.8, 4) is 11.5 Å². The fraction of sp³-hybridized carbons (Fsp3) is 0.318. The molecule has 28 heavy (non-hydrogen) atoms. The Morgan fingerprint density at radius 3 is 2.64 bits per heavy atom. The quantitative estimate of drug-likeness (QED) is 0.497. The molecule has 0 aliphatic heterocycles. The molecule has 1 aromatic heterocycles. The number of hydrogen-bond donors (Lipinski definition) is 3. The van der Waals surface area contributed by atoms with Gasteiger partial charge in [0.05, 0.1) is 25.8 Å². The Morgan fingerprint density at radius 1 is 1.14 bits per heavy atom. The number of aromatic amines is 1. The fourth-order valence-electron chi connectivity index (χ4n) is 3.24. The van der Waals surface area contributed by atoms with Gasteiger partial charge < -0.3 is 25.5 Å². The second kappa shape index (κ2) is 9.28. The van der Waals surface area contributed by atoms with Crippen LogP contribution in [0.5, 0.6) is 11.5 Å². The number of H-pyrrole nitrogens is 1. The molecule has 2 aromatic carbocycles. The Hall–Kier alpha value is -2.99. The monoisotopic (exact) mass is 381 g/mol. The number of aryl methyl sites for hydroxylation is 1. The summed E-state index contributed by atoms with van der Waals surface area (Å²) in [4.78, 5) is 15.6. The SMILES string of the molecule is COc1cc(OC)c2cc(CCCNC(=O)[C@@H](N)Cc3ccccc3)[nH]c2c1. The zero-order valence-electron chi connectivity index (χ0n) is 16.3. The van der Waals surface area contributed by atoms with Gasteiger partial charge in [-0.3, -0.25) is 4.79 Å². The molecule has 0 saturated heterocycles. The number of rotatable bonds is 9. The Bertz CT molecular complexity index is 921. The first kappa shape index (κ1) is 19.8. The van der Waals surface area contributed by atoms with Crippen LogP contribution in [0, 0.1) is 0 Å². The van der Waals surface area contributed by atoms with E-state index in [1.54, 1.807) is 14.2 Å². The summed E-state index contributed by atoms with van der Waals surface area (Å²) in [5, 5.41) is 3.95. The number of fused-ring (bicyclic) bond motifs is 1. The van der Waals surface area contributed by atoms with Crippen molar-refractivity contribution in [3.05, 3.63) is 59.8 Å². The molecule has 3 aromatic rings. The minimum atomic E-state index is -0.535. The zero-order valence-corrected chi connectivity index (χ0v) is 16.3. The van der Waals surface area contributed by atoms with Crippen molar-refractivity contribution in [1.82, 2.24) is 10.3 Å². The van der Waals surface area contributed by atoms with Gasteiger partial charge in [0.15, 0.2) is 0 Å². The minimum absolute atomic E-state index is 0.119. The third kappa shape index (κ3) is 4.84. The first-order chi connectivity index (χ1) is 13.6. The van der Waals surface area contributed by atoms with Gasteiger partial charge in [-0.25, -0.2) is 0 Å². The van der Waals surface area contributed by atoms with Crippen molar-refractivity contribution in [2.75, 3.05) is 20.8 Å². The molecule has 3 rings (SSSR count). The molecule has 0 unspecified atom stereocenters. The van der Waals surface area contributed by atoms with Crippen LogP contribution in [0.1, 0.15) is 17.7 Å². The number of benzene rings is 2. The van der Waals surface area contributed by atoms with Crippen molar-refractivity contribution in [1.29, 1.82) is 0 Å². The molecule has 0 radical (unpaired) electrons. The first-order valence-electron chi connectivity index (χ1n) is 9.41. The summed E-state index contributed by atoms with van der Waals surface area (Å²) in [5.41, 5.74) is 9.13. The standard InChI is InChI=1S/C22H27N3O3/c1-27-17-13-20-18(21(14-17)28-2)12-16(25-20)9-6-10-24-22(26)19(23)11-15-7-4-3-5-8-15/h3-5,7-8,12-14,19,25H,6,9-11,23H2,1-2H3,(H,24,26)/t19-/m0/s1. The normalized spacial score (nSPS) is 12.0. The lowest BCUT2D eigenvalue weighted by molar-refractivity contribution is -0.122. The van der Waals surface area contributed by atoms with Gasteiger partial charge in [0.1, 0.15) is 11.5 Å². The number of amides is 1. The van der Waals surface area contributed by atoms with E-state index >= 15 is 0 Å². The molecule has 0 saturated carbocycles. The average Bonchev–Trinajstić information content (AvgIpc) is 3.13. The molecular formula is C22H27N3O3. The van der Waals surface area contributed by atoms with Crippen molar-refractivity contribution in [3.63, 3.8) is 0 Å². The average molecular weight is 381 g/mol. The van der Waals surface area contributed by atoms with Crippen LogP contribution in [-0.4, -0.2) is 37.7 Å². The van der Waals surface area contributed by atoms with Gasteiger partial charge in [-0.2, -0.15) is 0 Å². The molecule has 0 fully saturated rings. The highest BCUT2D eigenvalue weighted by Gasteiger charge is 2.13. The van der Waals surface area contributed by atoms with Crippen molar-refractivity contribution >= 4 is 16.8 Å². The number of hydrogen-bond acceptors (Lipinski definition) is 4. The summed E-state index contributed by atoms with van der Waals surface area (Å²) in [6, 6.07) is 15.2. The van der Waals surface area contributed by atoms with Gasteiger partial charge in [0.25, 0.3) is 0 Å². The molecule has 1 atom stereocenters. The molecule has 6 heteroatoms. The Morgan fingerprint density at radius 2 is 1.93 bits per heavy atom. The lowest BCUT2D eigenvalue weighted by Crippen LogP contribution is -2.42. The van der Waals surface area contributed by atoms with Crippen molar-refractivity contribution < 1.29 is 14.3 Å². The van der Waals surface area contributed by atoms with E-state index in [1.165, 1.54) is 0 Å². The lowest BCUT2D eigenvalue weighted by Gasteiger charge is -2.12. The van der Waals surface area contributed by atoms with Crippen LogP contribution in [-0.2, 0) is 17.6 Å². The van der Waals surface area contributed by atoms with Crippen molar-refractivity contribution in [2.24, 2.45) is 5.73 Å². The molecular weight excluding hydrogens is 354 g/mol. The van der Waals surface area contributed by atoms with E-state index < -0.39 is 6.04 Å². The number of aromatic nitrogens is 1. The van der Waals surface area contributed by atoms with Crippen molar-refractivity contribution in [2.45, 2.75) is 25.3 Å². The van der Waals surface area contributed by atoms with Gasteiger partial charge >= 0.3 is 0 Å². The third-order valence-electron chi connectivity index (χ3n) is 4.74. The van der Waals surface area contributed by atoms with Gasteiger partial charge in [0.2, 0.25) is 5.91 Å². The molecule has 0 aliphatic rings. The summed E-state index contributed by atoms with van der Waals surface area (Å²) in [6.07, 6.45) is 2.17. The van der Waals surface area contributed by atoms with Crippen LogP contribution >= 0.6 is 0 Å². The largest absolute Gasteiger partial charge is 0.497 e. The summed E-state index contributed by atoms with van der Waals surface area (Å²) < 4.78 is 10.7. The molecule has 0 aliphatic carbocycles. The maximum absolute atomic E-state index is 12.2. The van der Waals surface area contributed by atoms with Crippen LogP contribution < -0.4 is 20.5 Å². The summed E-state index contributed by atoms with van der Waals surface area (Å²) >= 11 is 0. The maximum Gasteiger partial charge on any atom is 0.237 e. The topological polar surface area (TPSA) is 89.4 Å². The van der Waals surface area contributed by atoms with Crippen LogP contribution in [0.4, 0.5) is 0 Å². The molecule has 6 nitrogen and oxygen atoms in total. The van der Waals surface area contributed by atoms with Gasteiger partial charge in [-0.1, -0.05) is 30.3 Å². The lowest BCUT2D eigenvalue weighted by atomic mass is 10.1. The Kier molecular flexibility index (Phi) is 6.55. The number of nitrogens with one attached hydrogen (secondary N) is 2. The van der Waals surface area contributed by atoms with E-state index in [4.69, 9.17) is 15.2 Å². The second-order valence-electron chi connectivity index (χ2n) is 6.78. The molecule has 148 valence electrons. The van der Waals surface area contributed by atoms with Crippen LogP contribution in [0.25, 0.3) is 10.9 Å². The molecule has 0 bridgehead atoms. The van der Waals surface area contributed by atoms with E-state index in [2.05, 4.69) is 16.4 Å². The minimum Gasteiger partial charge on any atom is -0.497 e. The van der Waals surface area contributed by atoms with E-state index in [1.807, 2.05) is 42.5 Å². The summed E-state index contributed by atoms with van der Waals surface area (Å²) in [5.74, 6) is 1.40. The Balaban J connectivity index is 1.50. The number of nitrogens with two attached hydrogens (primary N) is 1. The van der Waals surface area contributed by atoms with Crippen LogP contribution in [0.15, 0.2) is 48.5 Å². The van der Waals surface area contributed by atoms with E-state index in [-0.39, 0.29) is 5.91 Å². The Labute approximate surface area is 165 Å². The van der Waals surface area contributed by atoms with Crippen LogP contribution in [0.3, 0.4) is 0 Å².